The molecule has 1 fully saturated rings. The summed E-state index contributed by atoms with van der Waals surface area (Å²) >= 11 is 15.8. The minimum Gasteiger partial charge on any atom is -0.222 e. The van der Waals surface area contributed by atoms with Gasteiger partial charge in [-0.25, -0.2) is 4.68 Å². The topological polar surface area (TPSA) is 17.8 Å². The third-order valence-electron chi connectivity index (χ3n) is 3.10. The van der Waals surface area contributed by atoms with Crippen molar-refractivity contribution < 1.29 is 0 Å². The molecule has 0 saturated heterocycles. The van der Waals surface area contributed by atoms with Crippen LogP contribution in [0.25, 0.3) is 5.69 Å². The van der Waals surface area contributed by atoms with E-state index in [2.05, 4.69) is 21.0 Å². The lowest BCUT2D eigenvalue weighted by Gasteiger charge is -2.03. The second-order valence-corrected chi connectivity index (χ2v) is 6.00. The molecule has 1 heterocycles. The van der Waals surface area contributed by atoms with Crippen LogP contribution in [0.15, 0.2) is 28.7 Å². The number of hydrogen-bond acceptors (Lipinski definition) is 1. The van der Waals surface area contributed by atoms with Gasteiger partial charge in [-0.05, 0) is 31.0 Å². The number of rotatable bonds is 3. The monoisotopic (exact) mass is 344 g/mol. The molecule has 0 amide bonds. The smallest absolute Gasteiger partial charge is 0.137 e. The van der Waals surface area contributed by atoms with Crippen molar-refractivity contribution >= 4 is 39.1 Å². The second-order valence-electron chi connectivity index (χ2n) is 4.45. The summed E-state index contributed by atoms with van der Waals surface area (Å²) < 4.78 is 2.78. The summed E-state index contributed by atoms with van der Waals surface area (Å²) in [7, 11) is 0. The SMILES string of the molecule is ClCc1c(C2CC2)nn(-c2cccc(Br)c2)c1Cl. The Bertz CT molecular complexity index is 591. The number of halogens is 3. The first-order valence-corrected chi connectivity index (χ1v) is 7.50. The van der Waals surface area contributed by atoms with E-state index in [0.29, 0.717) is 17.0 Å². The Kier molecular flexibility index (Phi) is 3.39. The van der Waals surface area contributed by atoms with Gasteiger partial charge in [0, 0.05) is 16.0 Å². The second kappa shape index (κ2) is 4.87. The Labute approximate surface area is 124 Å². The molecule has 2 nitrogen and oxygen atoms in total. The molecule has 1 aliphatic carbocycles. The van der Waals surface area contributed by atoms with Gasteiger partial charge >= 0.3 is 0 Å². The summed E-state index contributed by atoms with van der Waals surface area (Å²) in [6.45, 7) is 0. The van der Waals surface area contributed by atoms with E-state index >= 15 is 0 Å². The maximum atomic E-state index is 6.39. The Morgan fingerprint density at radius 3 is 2.78 bits per heavy atom. The molecule has 5 heteroatoms. The summed E-state index contributed by atoms with van der Waals surface area (Å²) in [5, 5.41) is 5.26. The molecule has 1 saturated carbocycles. The number of hydrogen-bond donors (Lipinski definition) is 0. The molecule has 0 unspecified atom stereocenters. The van der Waals surface area contributed by atoms with Gasteiger partial charge < -0.3 is 0 Å². The van der Waals surface area contributed by atoms with Crippen molar-refractivity contribution in [3.05, 3.63) is 45.1 Å². The lowest BCUT2D eigenvalue weighted by atomic mass is 10.2. The Hall–Kier alpha value is -0.510. The van der Waals surface area contributed by atoms with Crippen LogP contribution in [-0.2, 0) is 5.88 Å². The van der Waals surface area contributed by atoms with E-state index in [4.69, 9.17) is 23.2 Å². The maximum absolute atomic E-state index is 6.39. The fraction of sp³-hybridized carbons (Fsp3) is 0.308. The van der Waals surface area contributed by atoms with Crippen molar-refractivity contribution in [2.45, 2.75) is 24.6 Å². The first-order chi connectivity index (χ1) is 8.70. The summed E-state index contributed by atoms with van der Waals surface area (Å²) in [5.74, 6) is 0.961. The van der Waals surface area contributed by atoms with Crippen molar-refractivity contribution in [3.63, 3.8) is 0 Å². The van der Waals surface area contributed by atoms with Crippen LogP contribution in [0, 0.1) is 0 Å². The van der Waals surface area contributed by atoms with Crippen LogP contribution in [0.3, 0.4) is 0 Å². The van der Waals surface area contributed by atoms with Gasteiger partial charge in [-0.3, -0.25) is 0 Å². The lowest BCUT2D eigenvalue weighted by molar-refractivity contribution is 0.837. The third-order valence-corrected chi connectivity index (χ3v) is 4.25. The van der Waals surface area contributed by atoms with Crippen LogP contribution in [0.4, 0.5) is 0 Å². The largest absolute Gasteiger partial charge is 0.222 e. The van der Waals surface area contributed by atoms with Crippen LogP contribution >= 0.6 is 39.1 Å². The van der Waals surface area contributed by atoms with Gasteiger partial charge in [0.25, 0.3) is 0 Å². The first-order valence-electron chi connectivity index (χ1n) is 5.80. The molecule has 1 aromatic heterocycles. The molecule has 2 aromatic rings. The van der Waals surface area contributed by atoms with E-state index in [1.165, 1.54) is 12.8 Å². The number of benzene rings is 1. The van der Waals surface area contributed by atoms with Crippen molar-refractivity contribution in [2.75, 3.05) is 0 Å². The average molecular weight is 346 g/mol. The third kappa shape index (κ3) is 2.20. The van der Waals surface area contributed by atoms with E-state index in [1.807, 2.05) is 24.3 Å². The highest BCUT2D eigenvalue weighted by Gasteiger charge is 2.31. The molecule has 1 aliphatic rings. The molecule has 18 heavy (non-hydrogen) atoms. The van der Waals surface area contributed by atoms with Gasteiger partial charge in [-0.2, -0.15) is 5.10 Å². The van der Waals surface area contributed by atoms with Crippen LogP contribution in [0.1, 0.15) is 30.0 Å². The summed E-state index contributed by atoms with van der Waals surface area (Å²) in [6.07, 6.45) is 2.38. The van der Waals surface area contributed by atoms with Crippen molar-refractivity contribution in [1.29, 1.82) is 0 Å². The van der Waals surface area contributed by atoms with Gasteiger partial charge in [0.2, 0.25) is 0 Å². The number of aromatic nitrogens is 2. The van der Waals surface area contributed by atoms with E-state index < -0.39 is 0 Å². The molecule has 0 N–H and O–H groups in total. The molecule has 0 aliphatic heterocycles. The highest BCUT2D eigenvalue weighted by Crippen LogP contribution is 2.43. The zero-order valence-corrected chi connectivity index (χ0v) is 12.6. The molecule has 94 valence electrons. The summed E-state index contributed by atoms with van der Waals surface area (Å²) in [5.41, 5.74) is 2.99. The predicted molar refractivity (Wildman–Crippen MR) is 77.8 cm³/mol. The van der Waals surface area contributed by atoms with Gasteiger partial charge in [-0.1, -0.05) is 33.6 Å². The summed E-state index contributed by atoms with van der Waals surface area (Å²) in [6, 6.07) is 7.92. The molecular formula is C13H11BrCl2N2. The van der Waals surface area contributed by atoms with Gasteiger partial charge in [-0.15, -0.1) is 11.6 Å². The molecular weight excluding hydrogens is 335 g/mol. The average Bonchev–Trinajstić information content (AvgIpc) is 3.13. The molecule has 0 bridgehead atoms. The lowest BCUT2D eigenvalue weighted by Crippen LogP contribution is -1.97. The fourth-order valence-electron chi connectivity index (χ4n) is 2.03. The van der Waals surface area contributed by atoms with Crippen molar-refractivity contribution in [2.24, 2.45) is 0 Å². The Balaban J connectivity index is 2.12. The van der Waals surface area contributed by atoms with Crippen LogP contribution < -0.4 is 0 Å². The van der Waals surface area contributed by atoms with E-state index in [1.54, 1.807) is 4.68 Å². The number of alkyl halides is 1. The molecule has 0 spiro atoms. The number of nitrogens with zero attached hydrogens (tertiary/aromatic N) is 2. The zero-order chi connectivity index (χ0) is 12.7. The minimum absolute atomic E-state index is 0.415. The van der Waals surface area contributed by atoms with Gasteiger partial charge in [0.05, 0.1) is 17.3 Å². The Morgan fingerprint density at radius 2 is 2.17 bits per heavy atom. The molecule has 1 aromatic carbocycles. The normalized spacial score (nSPS) is 15.1. The Morgan fingerprint density at radius 1 is 1.39 bits per heavy atom. The highest BCUT2D eigenvalue weighted by molar-refractivity contribution is 9.10. The van der Waals surface area contributed by atoms with Gasteiger partial charge in [0.1, 0.15) is 5.15 Å². The van der Waals surface area contributed by atoms with E-state index in [-0.39, 0.29) is 0 Å². The van der Waals surface area contributed by atoms with Crippen LogP contribution in [0.2, 0.25) is 5.15 Å². The highest BCUT2D eigenvalue weighted by atomic mass is 79.9. The van der Waals surface area contributed by atoms with Crippen LogP contribution in [0.5, 0.6) is 0 Å². The summed E-state index contributed by atoms with van der Waals surface area (Å²) in [4.78, 5) is 0. The standard InChI is InChI=1S/C13H11BrCl2N2/c14-9-2-1-3-10(6-9)18-13(16)11(7-15)12(17-18)8-4-5-8/h1-3,6,8H,4-5,7H2. The van der Waals surface area contributed by atoms with Crippen molar-refractivity contribution in [3.8, 4) is 5.69 Å². The minimum atomic E-state index is 0.415. The van der Waals surface area contributed by atoms with E-state index in [0.717, 1.165) is 21.4 Å². The quantitative estimate of drug-likeness (QED) is 0.723. The fourth-order valence-corrected chi connectivity index (χ4v) is 3.05. The molecule has 3 rings (SSSR count). The predicted octanol–water partition coefficient (Wildman–Crippen LogP) is 4.90. The van der Waals surface area contributed by atoms with Crippen molar-refractivity contribution in [1.82, 2.24) is 9.78 Å². The maximum Gasteiger partial charge on any atom is 0.137 e. The molecule has 0 atom stereocenters. The first kappa shape index (κ1) is 12.5. The molecule has 0 radical (unpaired) electrons. The van der Waals surface area contributed by atoms with Gasteiger partial charge in [0.15, 0.2) is 0 Å². The zero-order valence-electron chi connectivity index (χ0n) is 9.54. The van der Waals surface area contributed by atoms with E-state index in [9.17, 15) is 0 Å². The van der Waals surface area contributed by atoms with Crippen LogP contribution in [-0.4, -0.2) is 9.78 Å².